The molecule has 0 radical (unpaired) electrons. The topological polar surface area (TPSA) is 17.8 Å². The lowest BCUT2D eigenvalue weighted by Crippen LogP contribution is -2.03. The van der Waals surface area contributed by atoms with Crippen molar-refractivity contribution in [2.24, 2.45) is 5.92 Å². The van der Waals surface area contributed by atoms with Gasteiger partial charge in [-0.3, -0.25) is 0 Å². The van der Waals surface area contributed by atoms with Gasteiger partial charge in [-0.15, -0.1) is 11.6 Å². The number of aromatic nitrogens is 2. The number of benzene rings is 1. The third-order valence-electron chi connectivity index (χ3n) is 3.44. The second kappa shape index (κ2) is 3.89. The molecule has 1 heterocycles. The third-order valence-corrected chi connectivity index (χ3v) is 3.94. The van der Waals surface area contributed by atoms with E-state index in [9.17, 15) is 0 Å². The van der Waals surface area contributed by atoms with Gasteiger partial charge in [-0.2, -0.15) is 0 Å². The van der Waals surface area contributed by atoms with Gasteiger partial charge in [0.25, 0.3) is 0 Å². The Morgan fingerprint density at radius 3 is 2.76 bits per heavy atom. The van der Waals surface area contributed by atoms with Crippen molar-refractivity contribution in [2.75, 3.05) is 0 Å². The number of imidazole rings is 1. The number of hydrogen-bond acceptors (Lipinski definition) is 1. The second-order valence-corrected chi connectivity index (χ2v) is 5.91. The van der Waals surface area contributed by atoms with Gasteiger partial charge in [-0.25, -0.2) is 4.98 Å². The van der Waals surface area contributed by atoms with Gasteiger partial charge >= 0.3 is 0 Å². The molecule has 1 aliphatic carbocycles. The maximum atomic E-state index is 6.30. The van der Waals surface area contributed by atoms with E-state index in [-0.39, 0.29) is 5.38 Å². The molecule has 3 atom stereocenters. The van der Waals surface area contributed by atoms with Crippen molar-refractivity contribution in [1.29, 1.82) is 0 Å². The van der Waals surface area contributed by atoms with Gasteiger partial charge in [0, 0.05) is 6.04 Å². The molecule has 17 heavy (non-hydrogen) atoms. The fourth-order valence-corrected chi connectivity index (χ4v) is 2.82. The van der Waals surface area contributed by atoms with E-state index in [0.717, 1.165) is 21.9 Å². The number of para-hydroxylation sites is 1. The lowest BCUT2D eigenvalue weighted by atomic mass is 10.3. The summed E-state index contributed by atoms with van der Waals surface area (Å²) in [6, 6.07) is 6.35. The Morgan fingerprint density at radius 2 is 2.18 bits per heavy atom. The number of hydrogen-bond donors (Lipinski definition) is 0. The summed E-state index contributed by atoms with van der Waals surface area (Å²) in [5.74, 6) is 1.63. The molecule has 3 rings (SSSR count). The van der Waals surface area contributed by atoms with Gasteiger partial charge in [-0.05, 0) is 31.4 Å². The first-order valence-electron chi connectivity index (χ1n) is 5.90. The summed E-state index contributed by atoms with van der Waals surface area (Å²) in [4.78, 5) is 4.62. The van der Waals surface area contributed by atoms with Crippen LogP contribution in [-0.2, 0) is 0 Å². The van der Waals surface area contributed by atoms with Crippen molar-refractivity contribution in [1.82, 2.24) is 9.55 Å². The molecule has 1 saturated carbocycles. The largest absolute Gasteiger partial charge is 0.322 e. The van der Waals surface area contributed by atoms with E-state index in [2.05, 4.69) is 16.5 Å². The number of halogens is 2. The molecule has 1 aromatic heterocycles. The predicted molar refractivity (Wildman–Crippen MR) is 71.8 cm³/mol. The van der Waals surface area contributed by atoms with Crippen molar-refractivity contribution in [3.05, 3.63) is 29.0 Å². The summed E-state index contributed by atoms with van der Waals surface area (Å²) in [6.45, 7) is 4.20. The van der Waals surface area contributed by atoms with E-state index in [4.69, 9.17) is 23.2 Å². The molecular formula is C13H14Cl2N2. The van der Waals surface area contributed by atoms with E-state index in [0.29, 0.717) is 12.0 Å². The second-order valence-electron chi connectivity index (χ2n) is 4.84. The van der Waals surface area contributed by atoms with Gasteiger partial charge < -0.3 is 4.57 Å². The van der Waals surface area contributed by atoms with Crippen LogP contribution in [-0.4, -0.2) is 9.55 Å². The first-order chi connectivity index (χ1) is 8.09. The zero-order valence-corrected chi connectivity index (χ0v) is 11.3. The van der Waals surface area contributed by atoms with Crippen molar-refractivity contribution in [2.45, 2.75) is 31.7 Å². The zero-order chi connectivity index (χ0) is 12.2. The highest BCUT2D eigenvalue weighted by atomic mass is 35.5. The number of rotatable bonds is 2. The summed E-state index contributed by atoms with van der Waals surface area (Å²) < 4.78 is 2.24. The van der Waals surface area contributed by atoms with E-state index >= 15 is 0 Å². The van der Waals surface area contributed by atoms with Gasteiger partial charge in [-0.1, -0.05) is 24.6 Å². The Morgan fingerprint density at radius 1 is 1.47 bits per heavy atom. The fourth-order valence-electron chi connectivity index (χ4n) is 2.40. The smallest absolute Gasteiger partial charge is 0.128 e. The fraction of sp³-hybridized carbons (Fsp3) is 0.462. The molecule has 0 aliphatic heterocycles. The van der Waals surface area contributed by atoms with Crippen LogP contribution in [0, 0.1) is 5.92 Å². The van der Waals surface area contributed by atoms with Crippen LogP contribution in [0.25, 0.3) is 11.0 Å². The van der Waals surface area contributed by atoms with Crippen LogP contribution >= 0.6 is 23.2 Å². The third kappa shape index (κ3) is 1.74. The molecule has 3 unspecified atom stereocenters. The van der Waals surface area contributed by atoms with Gasteiger partial charge in [0.15, 0.2) is 0 Å². The minimum atomic E-state index is -0.0914. The van der Waals surface area contributed by atoms with E-state index in [1.165, 1.54) is 6.42 Å². The summed E-state index contributed by atoms with van der Waals surface area (Å²) in [7, 11) is 0. The highest BCUT2D eigenvalue weighted by Gasteiger charge is 2.38. The highest BCUT2D eigenvalue weighted by molar-refractivity contribution is 6.35. The number of alkyl halides is 1. The Bertz CT molecular complexity index is 574. The van der Waals surface area contributed by atoms with E-state index in [1.54, 1.807) is 0 Å². The molecular weight excluding hydrogens is 255 g/mol. The lowest BCUT2D eigenvalue weighted by Gasteiger charge is -2.10. The molecule has 0 bridgehead atoms. The minimum Gasteiger partial charge on any atom is -0.322 e. The Labute approximate surface area is 111 Å². The van der Waals surface area contributed by atoms with Crippen LogP contribution < -0.4 is 0 Å². The SMILES string of the molecule is CC(Cl)c1nc2cccc(Cl)c2n1C1CC1C. The van der Waals surface area contributed by atoms with Crippen LogP contribution in [0.5, 0.6) is 0 Å². The molecule has 1 aliphatic rings. The van der Waals surface area contributed by atoms with Crippen molar-refractivity contribution < 1.29 is 0 Å². The summed E-state index contributed by atoms with van der Waals surface area (Å²) in [6.07, 6.45) is 1.19. The zero-order valence-electron chi connectivity index (χ0n) is 9.82. The van der Waals surface area contributed by atoms with Gasteiger partial charge in [0.05, 0.1) is 21.4 Å². The molecule has 0 amide bonds. The monoisotopic (exact) mass is 268 g/mol. The van der Waals surface area contributed by atoms with Crippen molar-refractivity contribution in [3.8, 4) is 0 Å². The Hall–Kier alpha value is -0.730. The van der Waals surface area contributed by atoms with E-state index in [1.807, 2.05) is 25.1 Å². The molecule has 0 saturated heterocycles. The van der Waals surface area contributed by atoms with Crippen LogP contribution in [0.15, 0.2) is 18.2 Å². The maximum Gasteiger partial charge on any atom is 0.128 e. The standard InChI is InChI=1S/C13H14Cl2N2/c1-7-6-11(7)17-12-9(15)4-3-5-10(12)16-13(17)8(2)14/h3-5,7-8,11H,6H2,1-2H3. The average molecular weight is 269 g/mol. The molecule has 1 aromatic carbocycles. The molecule has 4 heteroatoms. The minimum absolute atomic E-state index is 0.0914. The Balaban J connectivity index is 2.30. The van der Waals surface area contributed by atoms with Gasteiger partial charge in [0.1, 0.15) is 5.82 Å². The van der Waals surface area contributed by atoms with Crippen LogP contribution in [0.1, 0.15) is 37.5 Å². The lowest BCUT2D eigenvalue weighted by molar-refractivity contribution is 0.659. The first-order valence-corrected chi connectivity index (χ1v) is 6.71. The summed E-state index contributed by atoms with van der Waals surface area (Å²) in [5, 5.41) is 0.670. The number of fused-ring (bicyclic) bond motifs is 1. The van der Waals surface area contributed by atoms with Crippen molar-refractivity contribution >= 4 is 34.2 Å². The summed E-state index contributed by atoms with van der Waals surface area (Å²) in [5.41, 5.74) is 1.98. The molecule has 0 spiro atoms. The maximum absolute atomic E-state index is 6.30. The van der Waals surface area contributed by atoms with Gasteiger partial charge in [0.2, 0.25) is 0 Å². The molecule has 1 fully saturated rings. The average Bonchev–Trinajstić information content (AvgIpc) is 2.86. The molecule has 2 nitrogen and oxygen atoms in total. The quantitative estimate of drug-likeness (QED) is 0.730. The normalized spacial score (nSPS) is 25.2. The molecule has 2 aromatic rings. The first kappa shape index (κ1) is 11.4. The van der Waals surface area contributed by atoms with Crippen LogP contribution in [0.2, 0.25) is 5.02 Å². The highest BCUT2D eigenvalue weighted by Crippen LogP contribution is 2.47. The number of nitrogens with zero attached hydrogens (tertiary/aromatic N) is 2. The molecule has 90 valence electrons. The van der Waals surface area contributed by atoms with E-state index < -0.39 is 0 Å². The van der Waals surface area contributed by atoms with Crippen molar-refractivity contribution in [3.63, 3.8) is 0 Å². The molecule has 0 N–H and O–H groups in total. The Kier molecular flexibility index (Phi) is 2.60. The predicted octanol–water partition coefficient (Wildman–Crippen LogP) is 4.57. The van der Waals surface area contributed by atoms with Crippen LogP contribution in [0.4, 0.5) is 0 Å². The van der Waals surface area contributed by atoms with Crippen LogP contribution in [0.3, 0.4) is 0 Å². The summed E-state index contributed by atoms with van der Waals surface area (Å²) >= 11 is 12.5.